The first-order valence-corrected chi connectivity index (χ1v) is 12.5. The summed E-state index contributed by atoms with van der Waals surface area (Å²) in [5.74, 6) is 1.09. The Morgan fingerprint density at radius 3 is 2.10 bits per heavy atom. The van der Waals surface area contributed by atoms with Gasteiger partial charge in [0, 0.05) is 12.1 Å². The number of hydrogen-bond acceptors (Lipinski definition) is 3. The largest absolute Gasteiger partial charge is 0.494 e. The predicted molar refractivity (Wildman–Crippen MR) is 122 cm³/mol. The van der Waals surface area contributed by atoms with Crippen LogP contribution in [-0.2, 0) is 9.59 Å². The Kier molecular flexibility index (Phi) is 7.52. The van der Waals surface area contributed by atoms with E-state index in [1.54, 1.807) is 0 Å². The van der Waals surface area contributed by atoms with Gasteiger partial charge in [-0.25, -0.2) is 0 Å². The Morgan fingerprint density at radius 1 is 0.871 bits per heavy atom. The molecule has 31 heavy (non-hydrogen) atoms. The van der Waals surface area contributed by atoms with Crippen LogP contribution in [0.25, 0.3) is 0 Å². The summed E-state index contributed by atoms with van der Waals surface area (Å²) in [4.78, 5) is 31.1. The van der Waals surface area contributed by atoms with Crippen LogP contribution >= 0.6 is 0 Å². The number of rotatable bonds is 7. The molecular formula is C26H38N2O3. The average Bonchev–Trinajstić information content (AvgIpc) is 2.82. The highest BCUT2D eigenvalue weighted by Gasteiger charge is 2.45. The molecule has 5 nitrogen and oxygen atoms in total. The molecule has 4 rings (SSSR count). The molecule has 0 spiro atoms. The van der Waals surface area contributed by atoms with Gasteiger partial charge in [-0.15, -0.1) is 0 Å². The number of carbonyl (C=O) groups is 2. The van der Waals surface area contributed by atoms with Crippen LogP contribution in [0.2, 0.25) is 0 Å². The smallest absolute Gasteiger partial charge is 0.250 e. The molecule has 3 fully saturated rings. The van der Waals surface area contributed by atoms with E-state index in [2.05, 4.69) is 6.92 Å². The Morgan fingerprint density at radius 2 is 1.48 bits per heavy atom. The summed E-state index contributed by atoms with van der Waals surface area (Å²) in [6.45, 7) is 3.12. The normalized spacial score (nSPS) is 24.0. The van der Waals surface area contributed by atoms with Crippen molar-refractivity contribution in [3.05, 3.63) is 29.8 Å². The van der Waals surface area contributed by atoms with E-state index < -0.39 is 6.04 Å². The summed E-state index contributed by atoms with van der Waals surface area (Å²) in [5, 5.41) is 0. The van der Waals surface area contributed by atoms with Gasteiger partial charge in [0.05, 0.1) is 6.61 Å². The van der Waals surface area contributed by atoms with Gasteiger partial charge in [0.2, 0.25) is 5.91 Å². The zero-order valence-electron chi connectivity index (χ0n) is 19.1. The molecule has 1 saturated heterocycles. The molecule has 2 saturated carbocycles. The van der Waals surface area contributed by atoms with Crippen LogP contribution < -0.4 is 4.74 Å². The second-order valence-corrected chi connectivity index (χ2v) is 9.52. The highest BCUT2D eigenvalue weighted by atomic mass is 16.5. The van der Waals surface area contributed by atoms with Crippen molar-refractivity contribution in [2.45, 2.75) is 102 Å². The van der Waals surface area contributed by atoms with Crippen molar-refractivity contribution in [1.29, 1.82) is 0 Å². The standard InChI is InChI=1S/C26H38N2O3/c1-2-3-18-31-23-16-14-20(15-17-23)25-26(30)27(21-10-6-4-7-11-21)19-24(29)28(25)22-12-8-5-9-13-22/h14-17,21-22,25H,2-13,18-19H2,1H3. The monoisotopic (exact) mass is 426 g/mol. The number of piperazine rings is 1. The zero-order chi connectivity index (χ0) is 21.6. The van der Waals surface area contributed by atoms with Crippen LogP contribution in [-0.4, -0.2) is 46.8 Å². The van der Waals surface area contributed by atoms with Gasteiger partial charge in [0.25, 0.3) is 5.91 Å². The van der Waals surface area contributed by atoms with Gasteiger partial charge in [-0.1, -0.05) is 64.0 Å². The van der Waals surface area contributed by atoms with Crippen molar-refractivity contribution in [2.24, 2.45) is 0 Å². The minimum atomic E-state index is -0.490. The maximum absolute atomic E-state index is 13.8. The number of carbonyl (C=O) groups excluding carboxylic acids is 2. The molecule has 1 aromatic carbocycles. The van der Waals surface area contributed by atoms with Gasteiger partial charge >= 0.3 is 0 Å². The molecule has 0 aromatic heterocycles. The van der Waals surface area contributed by atoms with Gasteiger partial charge in [0.1, 0.15) is 18.3 Å². The molecular weight excluding hydrogens is 388 g/mol. The number of benzene rings is 1. The lowest BCUT2D eigenvalue weighted by molar-refractivity contribution is -0.162. The highest BCUT2D eigenvalue weighted by Crippen LogP contribution is 2.37. The minimum Gasteiger partial charge on any atom is -0.494 e. The van der Waals surface area contributed by atoms with E-state index in [0.29, 0.717) is 6.61 Å². The Labute approximate surface area is 187 Å². The molecule has 3 aliphatic rings. The quantitative estimate of drug-likeness (QED) is 0.560. The average molecular weight is 427 g/mol. The lowest BCUT2D eigenvalue weighted by Crippen LogP contribution is -2.61. The molecule has 1 atom stereocenters. The SMILES string of the molecule is CCCCOc1ccc(C2C(=O)N(C3CCCCC3)CC(=O)N2C2CCCCC2)cc1. The summed E-state index contributed by atoms with van der Waals surface area (Å²) in [7, 11) is 0. The van der Waals surface area contributed by atoms with Crippen molar-refractivity contribution >= 4 is 11.8 Å². The van der Waals surface area contributed by atoms with Crippen molar-refractivity contribution in [3.63, 3.8) is 0 Å². The fourth-order valence-electron chi connectivity index (χ4n) is 5.58. The van der Waals surface area contributed by atoms with Crippen molar-refractivity contribution < 1.29 is 14.3 Å². The maximum atomic E-state index is 13.8. The van der Waals surface area contributed by atoms with E-state index in [4.69, 9.17) is 4.74 Å². The summed E-state index contributed by atoms with van der Waals surface area (Å²) in [6, 6.07) is 7.83. The highest BCUT2D eigenvalue weighted by molar-refractivity contribution is 5.96. The third-order valence-electron chi connectivity index (χ3n) is 7.33. The number of hydrogen-bond donors (Lipinski definition) is 0. The fourth-order valence-corrected chi connectivity index (χ4v) is 5.58. The van der Waals surface area contributed by atoms with Gasteiger partial charge in [0.15, 0.2) is 0 Å². The molecule has 0 radical (unpaired) electrons. The first-order valence-electron chi connectivity index (χ1n) is 12.5. The zero-order valence-corrected chi connectivity index (χ0v) is 19.1. The van der Waals surface area contributed by atoms with Crippen molar-refractivity contribution in [1.82, 2.24) is 9.80 Å². The molecule has 0 bridgehead atoms. The molecule has 1 unspecified atom stereocenters. The minimum absolute atomic E-state index is 0.122. The van der Waals surface area contributed by atoms with E-state index in [-0.39, 0.29) is 30.4 Å². The van der Waals surface area contributed by atoms with Crippen molar-refractivity contribution in [3.8, 4) is 5.75 Å². The first kappa shape index (κ1) is 22.2. The summed E-state index contributed by atoms with van der Waals surface area (Å²) in [5.41, 5.74) is 0.923. The van der Waals surface area contributed by atoms with Crippen molar-refractivity contribution in [2.75, 3.05) is 13.2 Å². The summed E-state index contributed by atoms with van der Waals surface area (Å²) < 4.78 is 5.82. The molecule has 0 N–H and O–H groups in total. The summed E-state index contributed by atoms with van der Waals surface area (Å²) >= 11 is 0. The van der Waals surface area contributed by atoms with E-state index >= 15 is 0 Å². The topological polar surface area (TPSA) is 49.9 Å². The van der Waals surface area contributed by atoms with E-state index in [1.165, 1.54) is 12.8 Å². The summed E-state index contributed by atoms with van der Waals surface area (Å²) in [6.07, 6.45) is 13.3. The molecule has 1 heterocycles. The second-order valence-electron chi connectivity index (χ2n) is 9.52. The van der Waals surface area contributed by atoms with Crippen LogP contribution in [0.5, 0.6) is 5.75 Å². The lowest BCUT2D eigenvalue weighted by Gasteiger charge is -2.48. The lowest BCUT2D eigenvalue weighted by atomic mass is 9.88. The third kappa shape index (κ3) is 5.07. The maximum Gasteiger partial charge on any atom is 0.250 e. The molecule has 5 heteroatoms. The molecule has 2 aliphatic carbocycles. The number of unbranched alkanes of at least 4 members (excludes halogenated alkanes) is 1. The number of amides is 2. The van der Waals surface area contributed by atoms with Gasteiger partial charge < -0.3 is 14.5 Å². The van der Waals surface area contributed by atoms with E-state index in [0.717, 1.165) is 75.5 Å². The molecule has 2 amide bonds. The fraction of sp³-hybridized carbons (Fsp3) is 0.692. The van der Waals surface area contributed by atoms with Crippen LogP contribution in [0, 0.1) is 0 Å². The Bertz CT molecular complexity index is 736. The molecule has 1 aromatic rings. The third-order valence-corrected chi connectivity index (χ3v) is 7.33. The predicted octanol–water partition coefficient (Wildman–Crippen LogP) is 5.24. The van der Waals surface area contributed by atoms with Gasteiger partial charge in [-0.2, -0.15) is 0 Å². The number of ether oxygens (including phenoxy) is 1. The van der Waals surface area contributed by atoms with Crippen LogP contribution in [0.15, 0.2) is 24.3 Å². The van der Waals surface area contributed by atoms with E-state index in [1.807, 2.05) is 34.1 Å². The molecule has 170 valence electrons. The first-order chi connectivity index (χ1) is 15.2. The van der Waals surface area contributed by atoms with E-state index in [9.17, 15) is 9.59 Å². The van der Waals surface area contributed by atoms with Crippen LogP contribution in [0.3, 0.4) is 0 Å². The Hall–Kier alpha value is -2.04. The number of nitrogens with zero attached hydrogens (tertiary/aromatic N) is 2. The Balaban J connectivity index is 1.59. The molecule has 1 aliphatic heterocycles. The van der Waals surface area contributed by atoms with Crippen LogP contribution in [0.1, 0.15) is 95.6 Å². The second kappa shape index (κ2) is 10.5. The van der Waals surface area contributed by atoms with Crippen LogP contribution in [0.4, 0.5) is 0 Å². The van der Waals surface area contributed by atoms with Gasteiger partial charge in [-0.3, -0.25) is 9.59 Å². The van der Waals surface area contributed by atoms with Gasteiger partial charge in [-0.05, 0) is 49.8 Å².